The summed E-state index contributed by atoms with van der Waals surface area (Å²) in [4.78, 5) is 14.6. The number of anilines is 1. The minimum atomic E-state index is -0.0467. The SMILES string of the molecule is COCc1nc(NCc2nc(CO)cs2)c2c(-c3ccccc3)csc2n1. The van der Waals surface area contributed by atoms with Crippen molar-refractivity contribution in [1.29, 1.82) is 0 Å². The average Bonchev–Trinajstić information content (AvgIpc) is 3.34. The zero-order chi connectivity index (χ0) is 18.6. The number of aliphatic hydroxyl groups excluding tert-OH is 1. The Morgan fingerprint density at radius 2 is 1.93 bits per heavy atom. The number of thiazole rings is 1. The molecule has 0 aliphatic heterocycles. The van der Waals surface area contributed by atoms with E-state index >= 15 is 0 Å². The van der Waals surface area contributed by atoms with Crippen molar-refractivity contribution in [2.75, 3.05) is 12.4 Å². The normalized spacial score (nSPS) is 11.2. The molecule has 3 heterocycles. The lowest BCUT2D eigenvalue weighted by molar-refractivity contribution is 0.178. The largest absolute Gasteiger partial charge is 0.390 e. The average molecular weight is 399 g/mol. The molecule has 0 amide bonds. The van der Waals surface area contributed by atoms with E-state index in [1.807, 2.05) is 23.6 Å². The molecule has 4 rings (SSSR count). The summed E-state index contributed by atoms with van der Waals surface area (Å²) in [5.41, 5.74) is 2.93. The Kier molecular flexibility index (Phi) is 5.40. The summed E-state index contributed by atoms with van der Waals surface area (Å²) in [7, 11) is 1.64. The van der Waals surface area contributed by atoms with Crippen molar-refractivity contribution in [2.45, 2.75) is 19.8 Å². The number of benzene rings is 1. The van der Waals surface area contributed by atoms with Crippen LogP contribution in [0.15, 0.2) is 41.1 Å². The fourth-order valence-electron chi connectivity index (χ4n) is 2.80. The standard InChI is InChI=1S/C19H18N4O2S2/c1-25-9-15-22-18(20-7-16-21-13(8-24)10-26-16)17-14(11-27-19(17)23-15)12-5-3-2-4-6-12/h2-6,10-11,24H,7-9H2,1H3,(H,20,22,23). The van der Waals surface area contributed by atoms with Gasteiger partial charge in [0.1, 0.15) is 22.3 Å². The number of ether oxygens (including phenoxy) is 1. The molecule has 138 valence electrons. The van der Waals surface area contributed by atoms with Gasteiger partial charge in [0, 0.05) is 23.4 Å². The molecule has 2 N–H and O–H groups in total. The zero-order valence-corrected chi connectivity index (χ0v) is 16.3. The van der Waals surface area contributed by atoms with Gasteiger partial charge in [-0.25, -0.2) is 15.0 Å². The van der Waals surface area contributed by atoms with E-state index in [9.17, 15) is 5.11 Å². The topological polar surface area (TPSA) is 80.2 Å². The van der Waals surface area contributed by atoms with Crippen molar-refractivity contribution < 1.29 is 9.84 Å². The minimum Gasteiger partial charge on any atom is -0.390 e. The molecule has 0 radical (unpaired) electrons. The Hall–Kier alpha value is -2.39. The van der Waals surface area contributed by atoms with E-state index in [0.717, 1.165) is 32.2 Å². The molecule has 4 aromatic rings. The van der Waals surface area contributed by atoms with Crippen molar-refractivity contribution in [1.82, 2.24) is 15.0 Å². The third-order valence-corrected chi connectivity index (χ3v) is 5.78. The second-order valence-corrected chi connectivity index (χ2v) is 7.66. The first-order chi connectivity index (χ1) is 13.3. The highest BCUT2D eigenvalue weighted by atomic mass is 32.1. The molecule has 0 unspecified atom stereocenters. The molecule has 3 aromatic heterocycles. The number of nitrogens with one attached hydrogen (secondary N) is 1. The molecule has 0 atom stereocenters. The molecule has 0 aliphatic rings. The Balaban J connectivity index is 1.74. The summed E-state index contributed by atoms with van der Waals surface area (Å²) >= 11 is 3.12. The number of hydrogen-bond donors (Lipinski definition) is 2. The van der Waals surface area contributed by atoms with Gasteiger partial charge in [0.05, 0.1) is 24.2 Å². The van der Waals surface area contributed by atoms with Gasteiger partial charge in [-0.3, -0.25) is 0 Å². The van der Waals surface area contributed by atoms with Crippen LogP contribution in [0.2, 0.25) is 0 Å². The maximum absolute atomic E-state index is 9.20. The first-order valence-electron chi connectivity index (χ1n) is 8.39. The highest BCUT2D eigenvalue weighted by Gasteiger charge is 2.15. The van der Waals surface area contributed by atoms with Gasteiger partial charge in [0.25, 0.3) is 0 Å². The molecular weight excluding hydrogens is 380 g/mol. The van der Waals surface area contributed by atoms with E-state index in [0.29, 0.717) is 24.7 Å². The van der Waals surface area contributed by atoms with Crippen LogP contribution >= 0.6 is 22.7 Å². The Morgan fingerprint density at radius 3 is 2.67 bits per heavy atom. The van der Waals surface area contributed by atoms with Crippen molar-refractivity contribution in [3.05, 3.63) is 57.6 Å². The molecule has 8 heteroatoms. The van der Waals surface area contributed by atoms with Crippen LogP contribution in [0.5, 0.6) is 0 Å². The van der Waals surface area contributed by atoms with Gasteiger partial charge in [-0.05, 0) is 5.56 Å². The van der Waals surface area contributed by atoms with Crippen LogP contribution in [0.1, 0.15) is 16.5 Å². The number of nitrogens with zero attached hydrogens (tertiary/aromatic N) is 3. The quantitative estimate of drug-likeness (QED) is 0.489. The van der Waals surface area contributed by atoms with Crippen LogP contribution in [0.3, 0.4) is 0 Å². The Bertz CT molecular complexity index is 1050. The lowest BCUT2D eigenvalue weighted by atomic mass is 10.1. The van der Waals surface area contributed by atoms with Crippen LogP contribution < -0.4 is 5.32 Å². The Labute approximate surface area is 164 Å². The van der Waals surface area contributed by atoms with Crippen molar-refractivity contribution in [2.24, 2.45) is 0 Å². The molecule has 1 aromatic carbocycles. The summed E-state index contributed by atoms with van der Waals surface area (Å²) in [5.74, 6) is 1.41. The molecule has 27 heavy (non-hydrogen) atoms. The van der Waals surface area contributed by atoms with Gasteiger partial charge >= 0.3 is 0 Å². The van der Waals surface area contributed by atoms with Crippen molar-refractivity contribution in [3.63, 3.8) is 0 Å². The number of methoxy groups -OCH3 is 1. The summed E-state index contributed by atoms with van der Waals surface area (Å²) in [6.45, 7) is 0.845. The smallest absolute Gasteiger partial charge is 0.158 e. The van der Waals surface area contributed by atoms with Gasteiger partial charge in [0.15, 0.2) is 5.82 Å². The van der Waals surface area contributed by atoms with Crippen LogP contribution in [-0.4, -0.2) is 27.2 Å². The number of fused-ring (bicyclic) bond motifs is 1. The molecule has 0 aliphatic carbocycles. The molecule has 0 saturated carbocycles. The second-order valence-electron chi connectivity index (χ2n) is 5.86. The van der Waals surface area contributed by atoms with Gasteiger partial charge in [-0.1, -0.05) is 30.3 Å². The monoisotopic (exact) mass is 398 g/mol. The Morgan fingerprint density at radius 1 is 1.07 bits per heavy atom. The predicted octanol–water partition coefficient (Wildman–Crippen LogP) is 4.07. The van der Waals surface area contributed by atoms with Gasteiger partial charge in [-0.2, -0.15) is 0 Å². The second kappa shape index (κ2) is 8.10. The molecule has 0 fully saturated rings. The zero-order valence-electron chi connectivity index (χ0n) is 14.7. The summed E-state index contributed by atoms with van der Waals surface area (Å²) < 4.78 is 5.22. The van der Waals surface area contributed by atoms with Gasteiger partial charge < -0.3 is 15.2 Å². The van der Waals surface area contributed by atoms with E-state index in [2.05, 4.69) is 37.8 Å². The summed E-state index contributed by atoms with van der Waals surface area (Å²) in [6, 6.07) is 10.2. The van der Waals surface area contributed by atoms with Crippen LogP contribution in [-0.2, 0) is 24.5 Å². The predicted molar refractivity (Wildman–Crippen MR) is 109 cm³/mol. The number of aromatic nitrogens is 3. The fraction of sp³-hybridized carbons (Fsp3) is 0.211. The lowest BCUT2D eigenvalue weighted by Crippen LogP contribution is -2.06. The van der Waals surface area contributed by atoms with E-state index < -0.39 is 0 Å². The van der Waals surface area contributed by atoms with Gasteiger partial charge in [-0.15, -0.1) is 22.7 Å². The van der Waals surface area contributed by atoms with Crippen molar-refractivity contribution >= 4 is 38.7 Å². The highest BCUT2D eigenvalue weighted by Crippen LogP contribution is 2.37. The third-order valence-electron chi connectivity index (χ3n) is 4.01. The van der Waals surface area contributed by atoms with Crippen LogP contribution in [0.25, 0.3) is 21.3 Å². The first-order valence-corrected chi connectivity index (χ1v) is 10.1. The van der Waals surface area contributed by atoms with Crippen LogP contribution in [0, 0.1) is 0 Å². The molecule has 0 bridgehead atoms. The lowest BCUT2D eigenvalue weighted by Gasteiger charge is -2.09. The number of aliphatic hydroxyl groups is 1. The summed E-state index contributed by atoms with van der Waals surface area (Å²) in [5, 5.41) is 18.5. The summed E-state index contributed by atoms with van der Waals surface area (Å²) in [6.07, 6.45) is 0. The van der Waals surface area contributed by atoms with E-state index in [1.54, 1.807) is 18.4 Å². The molecule has 0 spiro atoms. The van der Waals surface area contributed by atoms with E-state index in [-0.39, 0.29) is 6.61 Å². The number of thiophene rings is 1. The molecular formula is C19H18N4O2S2. The van der Waals surface area contributed by atoms with E-state index in [1.165, 1.54) is 11.3 Å². The third kappa shape index (κ3) is 3.84. The highest BCUT2D eigenvalue weighted by molar-refractivity contribution is 7.17. The van der Waals surface area contributed by atoms with Gasteiger partial charge in [0.2, 0.25) is 0 Å². The number of rotatable bonds is 7. The molecule has 6 nitrogen and oxygen atoms in total. The van der Waals surface area contributed by atoms with Crippen LogP contribution in [0.4, 0.5) is 5.82 Å². The van der Waals surface area contributed by atoms with Crippen molar-refractivity contribution in [3.8, 4) is 11.1 Å². The number of hydrogen-bond acceptors (Lipinski definition) is 8. The first kappa shape index (κ1) is 18.0. The maximum Gasteiger partial charge on any atom is 0.158 e. The minimum absolute atomic E-state index is 0.0467. The van der Waals surface area contributed by atoms with E-state index in [4.69, 9.17) is 4.74 Å². The maximum atomic E-state index is 9.20. The molecule has 0 saturated heterocycles. The fourth-order valence-corrected chi connectivity index (χ4v) is 4.49.